The lowest BCUT2D eigenvalue weighted by molar-refractivity contribution is -0.137. The van der Waals surface area contributed by atoms with Gasteiger partial charge in [0.05, 0.1) is 11.3 Å². The predicted molar refractivity (Wildman–Crippen MR) is 125 cm³/mol. The van der Waals surface area contributed by atoms with Gasteiger partial charge < -0.3 is 10.1 Å². The summed E-state index contributed by atoms with van der Waals surface area (Å²) in [5.74, 6) is -0.319. The molecule has 5 nitrogen and oxygen atoms in total. The molecule has 182 valence electrons. The van der Waals surface area contributed by atoms with E-state index in [-0.39, 0.29) is 23.1 Å². The van der Waals surface area contributed by atoms with Gasteiger partial charge in [-0.25, -0.2) is 4.68 Å². The van der Waals surface area contributed by atoms with Gasteiger partial charge in [-0.1, -0.05) is 50.6 Å². The fraction of sp³-hybridized carbons (Fsp3) is 0.385. The van der Waals surface area contributed by atoms with Crippen LogP contribution < -0.4 is 10.1 Å². The lowest BCUT2D eigenvalue weighted by atomic mass is 9.89. The van der Waals surface area contributed by atoms with Crippen molar-refractivity contribution in [3.8, 4) is 11.6 Å². The van der Waals surface area contributed by atoms with E-state index in [1.165, 1.54) is 22.4 Å². The maximum Gasteiger partial charge on any atom is 0.416 e. The Balaban J connectivity index is 1.89. The molecule has 1 heterocycles. The monoisotopic (exact) mass is 473 g/mol. The second-order valence-electron chi connectivity index (χ2n) is 9.47. The highest BCUT2D eigenvalue weighted by Crippen LogP contribution is 2.36. The van der Waals surface area contributed by atoms with Crippen LogP contribution >= 0.6 is 0 Å². The van der Waals surface area contributed by atoms with Gasteiger partial charge in [0, 0.05) is 19.0 Å². The number of nitrogens with one attached hydrogen (secondary N) is 1. The van der Waals surface area contributed by atoms with Gasteiger partial charge in [0.1, 0.15) is 11.3 Å². The molecule has 0 aliphatic rings. The molecule has 0 fully saturated rings. The van der Waals surface area contributed by atoms with Crippen molar-refractivity contribution >= 4 is 5.91 Å². The van der Waals surface area contributed by atoms with Crippen LogP contribution in [0.1, 0.15) is 59.1 Å². The van der Waals surface area contributed by atoms with Crippen LogP contribution in [0.4, 0.5) is 13.2 Å². The molecule has 0 radical (unpaired) electrons. The molecule has 0 spiro atoms. The second-order valence-corrected chi connectivity index (χ2v) is 9.47. The number of hydrogen-bond donors (Lipinski definition) is 1. The van der Waals surface area contributed by atoms with Crippen LogP contribution in [0.5, 0.6) is 11.6 Å². The Kier molecular flexibility index (Phi) is 7.10. The lowest BCUT2D eigenvalue weighted by Gasteiger charge is -2.18. The van der Waals surface area contributed by atoms with Gasteiger partial charge in [0.2, 0.25) is 5.88 Å². The minimum absolute atomic E-state index is 0.0254. The molecular formula is C26H30F3N3O2. The summed E-state index contributed by atoms with van der Waals surface area (Å²) in [4.78, 5) is 13.3. The van der Waals surface area contributed by atoms with Gasteiger partial charge in [-0.05, 0) is 49.6 Å². The highest BCUT2D eigenvalue weighted by Gasteiger charge is 2.33. The zero-order valence-electron chi connectivity index (χ0n) is 20.3. The summed E-state index contributed by atoms with van der Waals surface area (Å²) in [5, 5.41) is 7.39. The first-order valence-corrected chi connectivity index (χ1v) is 11.0. The highest BCUT2D eigenvalue weighted by molar-refractivity contribution is 5.98. The third-order valence-corrected chi connectivity index (χ3v) is 5.49. The van der Waals surface area contributed by atoms with Gasteiger partial charge in [-0.15, -0.1) is 0 Å². The first kappa shape index (κ1) is 25.3. The third-order valence-electron chi connectivity index (χ3n) is 5.49. The van der Waals surface area contributed by atoms with Crippen molar-refractivity contribution in [3.05, 3.63) is 76.0 Å². The van der Waals surface area contributed by atoms with Crippen LogP contribution in [-0.2, 0) is 25.1 Å². The van der Waals surface area contributed by atoms with E-state index in [0.717, 1.165) is 23.3 Å². The van der Waals surface area contributed by atoms with Crippen molar-refractivity contribution in [1.82, 2.24) is 15.1 Å². The first-order valence-electron chi connectivity index (χ1n) is 11.0. The van der Waals surface area contributed by atoms with Crippen LogP contribution in [-0.4, -0.2) is 22.2 Å². The standard InChI is InChI=1S/C26H30F3N3O2/c1-16-10-11-18(17(2)14-16)12-13-30-23(33)21-22(25(3,4)5)31-32(6)24(21)34-20-9-7-8-19(15-20)26(27,28)29/h7-11,14-15H,12-13H2,1-6H3,(H,30,33). The van der Waals surface area contributed by atoms with Crippen LogP contribution in [0.15, 0.2) is 42.5 Å². The van der Waals surface area contributed by atoms with E-state index >= 15 is 0 Å². The maximum absolute atomic E-state index is 13.3. The van der Waals surface area contributed by atoms with E-state index in [1.54, 1.807) is 7.05 Å². The number of amides is 1. The van der Waals surface area contributed by atoms with E-state index in [9.17, 15) is 18.0 Å². The number of halogens is 3. The molecule has 34 heavy (non-hydrogen) atoms. The van der Waals surface area contributed by atoms with Crippen molar-refractivity contribution < 1.29 is 22.7 Å². The molecule has 0 aliphatic carbocycles. The third kappa shape index (κ3) is 5.79. The Morgan fingerprint density at radius 1 is 1.09 bits per heavy atom. The average Bonchev–Trinajstić information content (AvgIpc) is 3.06. The van der Waals surface area contributed by atoms with E-state index in [2.05, 4.69) is 16.5 Å². The fourth-order valence-corrected chi connectivity index (χ4v) is 3.73. The van der Waals surface area contributed by atoms with Gasteiger partial charge in [0.15, 0.2) is 0 Å². The smallest absolute Gasteiger partial charge is 0.416 e. The SMILES string of the molecule is Cc1ccc(CCNC(=O)c2c(C(C)(C)C)nn(C)c2Oc2cccc(C(F)(F)F)c2)c(C)c1. The number of aryl methyl sites for hydroxylation is 3. The minimum Gasteiger partial charge on any atom is -0.438 e. The Bertz CT molecular complexity index is 1190. The van der Waals surface area contributed by atoms with E-state index in [4.69, 9.17) is 4.74 Å². The number of nitrogens with zero attached hydrogens (tertiary/aromatic N) is 2. The van der Waals surface area contributed by atoms with Gasteiger partial charge in [0.25, 0.3) is 5.91 Å². The van der Waals surface area contributed by atoms with Gasteiger partial charge >= 0.3 is 6.18 Å². The zero-order chi connectivity index (χ0) is 25.3. The topological polar surface area (TPSA) is 56.2 Å². The summed E-state index contributed by atoms with van der Waals surface area (Å²) in [7, 11) is 1.60. The van der Waals surface area contributed by atoms with Crippen molar-refractivity contribution in [1.29, 1.82) is 0 Å². The molecule has 0 unspecified atom stereocenters. The van der Waals surface area contributed by atoms with Crippen molar-refractivity contribution in [2.45, 2.75) is 52.6 Å². The number of alkyl halides is 3. The molecule has 3 aromatic rings. The largest absolute Gasteiger partial charge is 0.438 e. The molecule has 0 atom stereocenters. The van der Waals surface area contributed by atoms with Crippen LogP contribution in [0.2, 0.25) is 0 Å². The lowest BCUT2D eigenvalue weighted by Crippen LogP contribution is -2.28. The molecule has 3 rings (SSSR count). The van der Waals surface area contributed by atoms with E-state index in [0.29, 0.717) is 18.7 Å². The molecule has 2 aromatic carbocycles. The molecule has 8 heteroatoms. The zero-order valence-corrected chi connectivity index (χ0v) is 20.3. The highest BCUT2D eigenvalue weighted by atomic mass is 19.4. The van der Waals surface area contributed by atoms with Gasteiger partial charge in [-0.2, -0.15) is 18.3 Å². The van der Waals surface area contributed by atoms with E-state index in [1.807, 2.05) is 46.8 Å². The normalized spacial score (nSPS) is 12.0. The molecular weight excluding hydrogens is 443 g/mol. The number of benzene rings is 2. The summed E-state index contributed by atoms with van der Waals surface area (Å²) in [6, 6.07) is 10.7. The molecule has 1 amide bonds. The Labute approximate surface area is 197 Å². The average molecular weight is 474 g/mol. The number of aromatic nitrogens is 2. The number of carbonyl (C=O) groups excluding carboxylic acids is 1. The van der Waals surface area contributed by atoms with Gasteiger partial charge in [-0.3, -0.25) is 4.79 Å². The van der Waals surface area contributed by atoms with Crippen molar-refractivity contribution in [2.24, 2.45) is 7.05 Å². The summed E-state index contributed by atoms with van der Waals surface area (Å²) < 4.78 is 46.6. The number of carbonyl (C=O) groups is 1. The molecule has 1 aromatic heterocycles. The van der Waals surface area contributed by atoms with Crippen molar-refractivity contribution in [3.63, 3.8) is 0 Å². The summed E-state index contributed by atoms with van der Waals surface area (Å²) in [5.41, 5.74) is 2.85. The summed E-state index contributed by atoms with van der Waals surface area (Å²) in [6.07, 6.45) is -3.86. The predicted octanol–water partition coefficient (Wildman–Crippen LogP) is 6.12. The fourth-order valence-electron chi connectivity index (χ4n) is 3.73. The summed E-state index contributed by atoms with van der Waals surface area (Å²) >= 11 is 0. The molecule has 1 N–H and O–H groups in total. The number of ether oxygens (including phenoxy) is 1. The van der Waals surface area contributed by atoms with E-state index < -0.39 is 17.2 Å². The maximum atomic E-state index is 13.3. The molecule has 0 aliphatic heterocycles. The quantitative estimate of drug-likeness (QED) is 0.469. The Hall–Kier alpha value is -3.29. The molecule has 0 saturated heterocycles. The van der Waals surface area contributed by atoms with Crippen molar-refractivity contribution in [2.75, 3.05) is 6.54 Å². The van der Waals surface area contributed by atoms with Crippen LogP contribution in [0.3, 0.4) is 0 Å². The minimum atomic E-state index is -4.50. The summed E-state index contributed by atoms with van der Waals surface area (Å²) in [6.45, 7) is 10.2. The van der Waals surface area contributed by atoms with Crippen LogP contribution in [0, 0.1) is 13.8 Å². The molecule has 0 bridgehead atoms. The molecule has 0 saturated carbocycles. The Morgan fingerprint density at radius 3 is 2.41 bits per heavy atom. The number of rotatable bonds is 6. The Morgan fingerprint density at radius 2 is 1.79 bits per heavy atom. The number of hydrogen-bond acceptors (Lipinski definition) is 3. The first-order chi connectivity index (χ1) is 15.8. The second kappa shape index (κ2) is 9.52. The van der Waals surface area contributed by atoms with Crippen LogP contribution in [0.25, 0.3) is 0 Å².